The van der Waals surface area contributed by atoms with Crippen LogP contribution in [0.2, 0.25) is 0 Å². The Morgan fingerprint density at radius 1 is 1.38 bits per heavy atom. The van der Waals surface area contributed by atoms with Gasteiger partial charge in [-0.2, -0.15) is 0 Å². The average molecular weight is 284 g/mol. The van der Waals surface area contributed by atoms with Crippen molar-refractivity contribution in [2.45, 2.75) is 33.6 Å². The second-order valence-corrected chi connectivity index (χ2v) is 6.12. The third-order valence-corrected chi connectivity index (χ3v) is 3.19. The lowest BCUT2D eigenvalue weighted by Gasteiger charge is -2.29. The number of halogens is 1. The standard InChI is InChI=1S/C13H18BrNO/c1-8-7-9(14)5-6-10(8)11(12(15)16)13(2,3)4/h5-7,11H,1-4H3,(H2,15,16). The van der Waals surface area contributed by atoms with Gasteiger partial charge in [0, 0.05) is 4.47 Å². The molecule has 0 fully saturated rings. The zero-order valence-corrected chi connectivity index (χ0v) is 11.8. The normalized spacial score (nSPS) is 13.6. The molecule has 0 saturated heterocycles. The second-order valence-electron chi connectivity index (χ2n) is 5.20. The first-order valence-electron chi connectivity index (χ1n) is 5.29. The highest BCUT2D eigenvalue weighted by Gasteiger charge is 2.32. The lowest BCUT2D eigenvalue weighted by Crippen LogP contribution is -2.32. The SMILES string of the molecule is Cc1cc(Br)ccc1C(C(N)=O)C(C)(C)C. The van der Waals surface area contributed by atoms with Crippen LogP contribution < -0.4 is 5.73 Å². The number of primary amides is 1. The number of hydrogen-bond acceptors (Lipinski definition) is 1. The molecule has 2 nitrogen and oxygen atoms in total. The molecular formula is C13H18BrNO. The molecule has 0 aromatic heterocycles. The zero-order valence-electron chi connectivity index (χ0n) is 10.2. The van der Waals surface area contributed by atoms with Gasteiger partial charge in [0.05, 0.1) is 5.92 Å². The van der Waals surface area contributed by atoms with Crippen LogP contribution in [-0.4, -0.2) is 5.91 Å². The summed E-state index contributed by atoms with van der Waals surface area (Å²) in [6, 6.07) is 5.93. The lowest BCUT2D eigenvalue weighted by atomic mass is 9.75. The molecule has 1 unspecified atom stereocenters. The number of amides is 1. The zero-order chi connectivity index (χ0) is 12.5. The smallest absolute Gasteiger partial charge is 0.225 e. The van der Waals surface area contributed by atoms with E-state index in [-0.39, 0.29) is 17.2 Å². The highest BCUT2D eigenvalue weighted by atomic mass is 79.9. The van der Waals surface area contributed by atoms with Gasteiger partial charge < -0.3 is 5.73 Å². The number of nitrogens with two attached hydrogens (primary N) is 1. The van der Waals surface area contributed by atoms with Crippen molar-refractivity contribution in [3.63, 3.8) is 0 Å². The number of aryl methyl sites for hydroxylation is 1. The Kier molecular flexibility index (Phi) is 3.79. The Hall–Kier alpha value is -0.830. The van der Waals surface area contributed by atoms with E-state index < -0.39 is 0 Å². The largest absolute Gasteiger partial charge is 0.369 e. The Labute approximate surface area is 105 Å². The molecule has 1 aromatic rings. The Balaban J connectivity index is 3.28. The highest BCUT2D eigenvalue weighted by molar-refractivity contribution is 9.10. The van der Waals surface area contributed by atoms with Gasteiger partial charge in [-0.1, -0.05) is 42.8 Å². The van der Waals surface area contributed by atoms with Gasteiger partial charge in [0.25, 0.3) is 0 Å². The molecular weight excluding hydrogens is 266 g/mol. The van der Waals surface area contributed by atoms with Crippen molar-refractivity contribution in [1.29, 1.82) is 0 Å². The fourth-order valence-electron chi connectivity index (χ4n) is 2.01. The van der Waals surface area contributed by atoms with Crippen LogP contribution >= 0.6 is 15.9 Å². The first-order valence-corrected chi connectivity index (χ1v) is 6.08. The van der Waals surface area contributed by atoms with Crippen molar-refractivity contribution in [3.8, 4) is 0 Å². The first kappa shape index (κ1) is 13.2. The summed E-state index contributed by atoms with van der Waals surface area (Å²) in [6.45, 7) is 8.10. The predicted molar refractivity (Wildman–Crippen MR) is 70.3 cm³/mol. The summed E-state index contributed by atoms with van der Waals surface area (Å²) < 4.78 is 1.02. The Bertz CT molecular complexity index is 407. The quantitative estimate of drug-likeness (QED) is 0.889. The van der Waals surface area contributed by atoms with Crippen LogP contribution in [0.3, 0.4) is 0 Å². The van der Waals surface area contributed by atoms with Gasteiger partial charge in [0.2, 0.25) is 5.91 Å². The van der Waals surface area contributed by atoms with E-state index in [1.165, 1.54) is 0 Å². The molecule has 0 aliphatic rings. The Morgan fingerprint density at radius 2 is 1.94 bits per heavy atom. The number of rotatable bonds is 2. The number of carbonyl (C=O) groups excluding carboxylic acids is 1. The predicted octanol–water partition coefficient (Wildman–Crippen LogP) is 3.37. The summed E-state index contributed by atoms with van der Waals surface area (Å²) in [6.07, 6.45) is 0. The molecule has 88 valence electrons. The van der Waals surface area contributed by atoms with Gasteiger partial charge in [-0.05, 0) is 35.6 Å². The summed E-state index contributed by atoms with van der Waals surface area (Å²) in [5.74, 6) is -0.515. The maximum absolute atomic E-state index is 11.6. The molecule has 0 heterocycles. The minimum absolute atomic E-state index is 0.162. The fourth-order valence-corrected chi connectivity index (χ4v) is 2.49. The van der Waals surface area contributed by atoms with Crippen LogP contribution in [0.4, 0.5) is 0 Å². The van der Waals surface area contributed by atoms with Crippen LogP contribution in [0.5, 0.6) is 0 Å². The van der Waals surface area contributed by atoms with Crippen LogP contribution in [0.25, 0.3) is 0 Å². The number of carbonyl (C=O) groups is 1. The van der Waals surface area contributed by atoms with Crippen LogP contribution in [0.15, 0.2) is 22.7 Å². The molecule has 0 radical (unpaired) electrons. The van der Waals surface area contributed by atoms with E-state index in [0.717, 1.165) is 15.6 Å². The fraction of sp³-hybridized carbons (Fsp3) is 0.462. The molecule has 0 aliphatic carbocycles. The van der Waals surface area contributed by atoms with Gasteiger partial charge >= 0.3 is 0 Å². The van der Waals surface area contributed by atoms with Gasteiger partial charge in [0.1, 0.15) is 0 Å². The van der Waals surface area contributed by atoms with Gasteiger partial charge in [-0.3, -0.25) is 4.79 Å². The summed E-state index contributed by atoms with van der Waals surface area (Å²) in [7, 11) is 0. The average Bonchev–Trinajstić information content (AvgIpc) is 2.06. The summed E-state index contributed by atoms with van der Waals surface area (Å²) in [5, 5.41) is 0. The highest BCUT2D eigenvalue weighted by Crippen LogP contribution is 2.36. The molecule has 2 N–H and O–H groups in total. The van der Waals surface area contributed by atoms with Gasteiger partial charge in [-0.25, -0.2) is 0 Å². The maximum Gasteiger partial charge on any atom is 0.225 e. The van der Waals surface area contributed by atoms with Crippen LogP contribution in [0, 0.1) is 12.3 Å². The van der Waals surface area contributed by atoms with Crippen molar-refractivity contribution in [3.05, 3.63) is 33.8 Å². The monoisotopic (exact) mass is 283 g/mol. The maximum atomic E-state index is 11.6. The van der Waals surface area contributed by atoms with E-state index in [0.29, 0.717) is 0 Å². The minimum atomic E-state index is -0.266. The van der Waals surface area contributed by atoms with Crippen LogP contribution in [0.1, 0.15) is 37.8 Å². The van der Waals surface area contributed by atoms with Crippen molar-refractivity contribution >= 4 is 21.8 Å². The molecule has 16 heavy (non-hydrogen) atoms. The molecule has 1 amide bonds. The van der Waals surface area contributed by atoms with E-state index in [4.69, 9.17) is 5.73 Å². The molecule has 0 aliphatic heterocycles. The van der Waals surface area contributed by atoms with Gasteiger partial charge in [-0.15, -0.1) is 0 Å². The van der Waals surface area contributed by atoms with E-state index in [9.17, 15) is 4.79 Å². The second kappa shape index (κ2) is 4.58. The molecule has 0 saturated carbocycles. The number of benzene rings is 1. The molecule has 1 rings (SSSR count). The van der Waals surface area contributed by atoms with Crippen molar-refractivity contribution in [2.75, 3.05) is 0 Å². The molecule has 1 aromatic carbocycles. The van der Waals surface area contributed by atoms with Crippen molar-refractivity contribution < 1.29 is 4.79 Å². The number of hydrogen-bond donors (Lipinski definition) is 1. The minimum Gasteiger partial charge on any atom is -0.369 e. The summed E-state index contributed by atoms with van der Waals surface area (Å²) in [4.78, 5) is 11.6. The van der Waals surface area contributed by atoms with Crippen molar-refractivity contribution in [2.24, 2.45) is 11.1 Å². The molecule has 3 heteroatoms. The van der Waals surface area contributed by atoms with Crippen molar-refractivity contribution in [1.82, 2.24) is 0 Å². The first-order chi connectivity index (χ1) is 7.23. The van der Waals surface area contributed by atoms with E-state index >= 15 is 0 Å². The molecule has 1 atom stereocenters. The molecule has 0 spiro atoms. The van der Waals surface area contributed by atoms with E-state index in [2.05, 4.69) is 15.9 Å². The van der Waals surface area contributed by atoms with Crippen LogP contribution in [-0.2, 0) is 4.79 Å². The third kappa shape index (κ3) is 2.85. The van der Waals surface area contributed by atoms with Gasteiger partial charge in [0.15, 0.2) is 0 Å². The van der Waals surface area contributed by atoms with E-state index in [1.54, 1.807) is 0 Å². The Morgan fingerprint density at radius 3 is 2.31 bits per heavy atom. The lowest BCUT2D eigenvalue weighted by molar-refractivity contribution is -0.121. The summed E-state index contributed by atoms with van der Waals surface area (Å²) >= 11 is 3.42. The molecule has 0 bridgehead atoms. The topological polar surface area (TPSA) is 43.1 Å². The summed E-state index contributed by atoms with van der Waals surface area (Å²) in [5.41, 5.74) is 7.46. The third-order valence-electron chi connectivity index (χ3n) is 2.69. The van der Waals surface area contributed by atoms with E-state index in [1.807, 2.05) is 45.9 Å².